The summed E-state index contributed by atoms with van der Waals surface area (Å²) in [5.74, 6) is -0.947. The fourth-order valence-corrected chi connectivity index (χ4v) is 2.56. The van der Waals surface area contributed by atoms with Gasteiger partial charge in [0.2, 0.25) is 0 Å². The van der Waals surface area contributed by atoms with Crippen molar-refractivity contribution in [2.75, 3.05) is 6.54 Å². The summed E-state index contributed by atoms with van der Waals surface area (Å²) < 4.78 is 0. The topological polar surface area (TPSA) is 97.6 Å². The van der Waals surface area contributed by atoms with Crippen LogP contribution in [0.3, 0.4) is 0 Å². The van der Waals surface area contributed by atoms with Gasteiger partial charge in [-0.3, -0.25) is 9.63 Å². The summed E-state index contributed by atoms with van der Waals surface area (Å²) in [5, 5.41) is 17.3. The summed E-state index contributed by atoms with van der Waals surface area (Å²) in [5.41, 5.74) is 0.455. The molecule has 1 fully saturated rings. The van der Waals surface area contributed by atoms with Gasteiger partial charge in [0.05, 0.1) is 18.5 Å². The van der Waals surface area contributed by atoms with Crippen molar-refractivity contribution in [1.29, 1.82) is 0 Å². The third kappa shape index (κ3) is 3.37. The van der Waals surface area contributed by atoms with E-state index in [9.17, 15) is 14.7 Å². The molecule has 120 valence electrons. The Morgan fingerprint density at radius 3 is 2.52 bits per heavy atom. The highest BCUT2D eigenvalue weighted by molar-refractivity contribution is 5.97. The van der Waals surface area contributed by atoms with Crippen LogP contribution in [0.15, 0.2) is 42.7 Å². The summed E-state index contributed by atoms with van der Waals surface area (Å²) in [4.78, 5) is 32.1. The molecule has 8 nitrogen and oxygen atoms in total. The largest absolute Gasteiger partial charge is 0.391 e. The molecule has 0 aliphatic carbocycles. The average molecular weight is 316 g/mol. The number of aliphatic hydroxyl groups is 1. The Kier molecular flexibility index (Phi) is 4.33. The van der Waals surface area contributed by atoms with E-state index in [0.717, 1.165) is 4.96 Å². The molecule has 1 aromatic heterocycles. The molecule has 1 N–H and O–H groups in total. The highest BCUT2D eigenvalue weighted by Gasteiger charge is 2.37. The smallest absolute Gasteiger partial charge is 0.359 e. The van der Waals surface area contributed by atoms with E-state index in [1.165, 1.54) is 17.3 Å². The molecule has 8 heteroatoms. The lowest BCUT2D eigenvalue weighted by atomic mass is 9.99. The summed E-state index contributed by atoms with van der Waals surface area (Å²) in [6.07, 6.45) is 2.84. The van der Waals surface area contributed by atoms with Crippen LogP contribution in [0.25, 0.3) is 0 Å². The zero-order chi connectivity index (χ0) is 16.2. The number of benzene rings is 1. The molecule has 0 radical (unpaired) electrons. The number of nitrogens with zero attached hydrogens (tertiary/aromatic N) is 4. The van der Waals surface area contributed by atoms with Crippen LogP contribution >= 0.6 is 0 Å². The molecule has 1 aliphatic heterocycles. The molecule has 2 heterocycles. The van der Waals surface area contributed by atoms with E-state index < -0.39 is 18.1 Å². The van der Waals surface area contributed by atoms with Crippen LogP contribution in [0, 0.1) is 0 Å². The van der Waals surface area contributed by atoms with Crippen LogP contribution in [0.4, 0.5) is 0 Å². The van der Waals surface area contributed by atoms with E-state index >= 15 is 0 Å². The van der Waals surface area contributed by atoms with Gasteiger partial charge in [0.15, 0.2) is 0 Å². The molecule has 2 atom stereocenters. The van der Waals surface area contributed by atoms with E-state index in [-0.39, 0.29) is 12.5 Å². The molecular formula is C15H16N4O4. The number of β-amino-alcohol motifs (C(OH)–C–C–N with tert-alkyl or cyclic N) is 1. The summed E-state index contributed by atoms with van der Waals surface area (Å²) in [7, 11) is 0. The molecule has 2 aromatic rings. The van der Waals surface area contributed by atoms with Crippen molar-refractivity contribution in [3.63, 3.8) is 0 Å². The lowest BCUT2D eigenvalue weighted by molar-refractivity contribution is -0.155. The number of carbonyl (C=O) groups is 2. The Bertz CT molecular complexity index is 674. The van der Waals surface area contributed by atoms with Gasteiger partial charge < -0.3 is 10.0 Å². The molecule has 0 spiro atoms. The Balaban J connectivity index is 1.79. The van der Waals surface area contributed by atoms with Crippen molar-refractivity contribution >= 4 is 11.9 Å². The minimum absolute atomic E-state index is 0.0834. The van der Waals surface area contributed by atoms with Crippen molar-refractivity contribution < 1.29 is 19.5 Å². The number of likely N-dealkylation sites (tertiary alicyclic amines) is 1. The Labute approximate surface area is 132 Å². The fraction of sp³-hybridized carbons (Fsp3) is 0.333. The zero-order valence-electron chi connectivity index (χ0n) is 12.3. The minimum Gasteiger partial charge on any atom is -0.391 e. The van der Waals surface area contributed by atoms with Crippen molar-refractivity contribution in [2.45, 2.75) is 25.0 Å². The first kappa shape index (κ1) is 15.2. The lowest BCUT2D eigenvalue weighted by Crippen LogP contribution is -2.54. The van der Waals surface area contributed by atoms with E-state index in [1.807, 2.05) is 0 Å². The van der Waals surface area contributed by atoms with Gasteiger partial charge >= 0.3 is 5.97 Å². The molecule has 0 saturated carbocycles. The van der Waals surface area contributed by atoms with Gasteiger partial charge in [-0.2, -0.15) is 0 Å². The molecule has 0 bridgehead atoms. The third-order valence-corrected chi connectivity index (χ3v) is 3.68. The SMILES string of the molecule is O=C(On1nccn1)C1CCC(O)CN1C(=O)c1ccccc1. The first-order valence-electron chi connectivity index (χ1n) is 7.28. The van der Waals surface area contributed by atoms with Crippen LogP contribution in [0.1, 0.15) is 23.2 Å². The van der Waals surface area contributed by atoms with Crippen LogP contribution < -0.4 is 4.84 Å². The fourth-order valence-electron chi connectivity index (χ4n) is 2.56. The number of rotatable bonds is 3. The van der Waals surface area contributed by atoms with Crippen molar-refractivity contribution in [1.82, 2.24) is 20.1 Å². The maximum atomic E-state index is 12.6. The first-order valence-corrected chi connectivity index (χ1v) is 7.28. The number of amides is 1. The number of hydrogen-bond donors (Lipinski definition) is 1. The molecule has 23 heavy (non-hydrogen) atoms. The van der Waals surface area contributed by atoms with Gasteiger partial charge in [0.1, 0.15) is 6.04 Å². The number of aliphatic hydroxyl groups excluding tert-OH is 1. The Morgan fingerprint density at radius 1 is 1.13 bits per heavy atom. The second-order valence-corrected chi connectivity index (χ2v) is 5.26. The van der Waals surface area contributed by atoms with E-state index in [2.05, 4.69) is 10.2 Å². The maximum Gasteiger partial charge on any atom is 0.359 e. The number of carbonyl (C=O) groups excluding carboxylic acids is 2. The molecule has 2 unspecified atom stereocenters. The van der Waals surface area contributed by atoms with Crippen LogP contribution in [0.2, 0.25) is 0 Å². The standard InChI is InChI=1S/C15H16N4O4/c20-12-6-7-13(15(22)23-19-16-8-9-17-19)18(10-12)14(21)11-4-2-1-3-5-11/h1-5,8-9,12-13,20H,6-7,10H2. The van der Waals surface area contributed by atoms with Gasteiger partial charge in [0.25, 0.3) is 5.91 Å². The minimum atomic E-state index is -0.780. The highest BCUT2D eigenvalue weighted by atomic mass is 16.7. The van der Waals surface area contributed by atoms with Crippen molar-refractivity contribution in [3.8, 4) is 0 Å². The first-order chi connectivity index (χ1) is 11.1. The zero-order valence-corrected chi connectivity index (χ0v) is 12.3. The van der Waals surface area contributed by atoms with Gasteiger partial charge in [0, 0.05) is 17.1 Å². The average Bonchev–Trinajstić information content (AvgIpc) is 3.07. The number of piperidine rings is 1. The van der Waals surface area contributed by atoms with E-state index in [0.29, 0.717) is 18.4 Å². The van der Waals surface area contributed by atoms with E-state index in [4.69, 9.17) is 4.84 Å². The predicted molar refractivity (Wildman–Crippen MR) is 78.1 cm³/mol. The second kappa shape index (κ2) is 6.57. The number of hydrogen-bond acceptors (Lipinski definition) is 6. The summed E-state index contributed by atoms with van der Waals surface area (Å²) in [6.45, 7) is 0.0834. The maximum absolute atomic E-state index is 12.6. The van der Waals surface area contributed by atoms with Gasteiger partial charge in [-0.15, -0.1) is 10.2 Å². The summed E-state index contributed by atoms with van der Waals surface area (Å²) >= 11 is 0. The summed E-state index contributed by atoms with van der Waals surface area (Å²) in [6, 6.07) is 7.85. The number of aromatic nitrogens is 3. The van der Waals surface area contributed by atoms with Crippen molar-refractivity contribution in [3.05, 3.63) is 48.3 Å². The lowest BCUT2D eigenvalue weighted by Gasteiger charge is -2.36. The third-order valence-electron chi connectivity index (χ3n) is 3.68. The van der Waals surface area contributed by atoms with Crippen molar-refractivity contribution in [2.24, 2.45) is 0 Å². The van der Waals surface area contributed by atoms with Crippen LogP contribution in [0.5, 0.6) is 0 Å². The van der Waals surface area contributed by atoms with Crippen LogP contribution in [-0.4, -0.2) is 55.7 Å². The van der Waals surface area contributed by atoms with Gasteiger partial charge in [-0.25, -0.2) is 4.79 Å². The normalized spacial score (nSPS) is 21.0. The molecule has 1 aromatic carbocycles. The Morgan fingerprint density at radius 2 is 1.83 bits per heavy atom. The van der Waals surface area contributed by atoms with Gasteiger partial charge in [-0.05, 0) is 25.0 Å². The molecular weight excluding hydrogens is 300 g/mol. The Hall–Kier alpha value is -2.74. The molecule has 1 saturated heterocycles. The molecule has 1 amide bonds. The van der Waals surface area contributed by atoms with E-state index in [1.54, 1.807) is 30.3 Å². The highest BCUT2D eigenvalue weighted by Crippen LogP contribution is 2.20. The predicted octanol–water partition coefficient (Wildman–Crippen LogP) is -0.101. The van der Waals surface area contributed by atoms with Gasteiger partial charge in [-0.1, -0.05) is 18.2 Å². The molecule has 1 aliphatic rings. The molecule has 3 rings (SSSR count). The monoisotopic (exact) mass is 316 g/mol. The quantitative estimate of drug-likeness (QED) is 0.849. The second-order valence-electron chi connectivity index (χ2n) is 5.26. The van der Waals surface area contributed by atoms with Crippen LogP contribution in [-0.2, 0) is 4.79 Å².